The number of rotatable bonds is 5. The van der Waals surface area contributed by atoms with Gasteiger partial charge < -0.3 is 15.4 Å². The van der Waals surface area contributed by atoms with Crippen molar-refractivity contribution in [2.45, 2.75) is 6.92 Å². The molecule has 0 bridgehead atoms. The van der Waals surface area contributed by atoms with E-state index in [9.17, 15) is 14.4 Å². The third-order valence-electron chi connectivity index (χ3n) is 2.88. The first-order valence-corrected chi connectivity index (χ1v) is 8.12. The van der Waals surface area contributed by atoms with Crippen molar-refractivity contribution in [3.8, 4) is 0 Å². The molecule has 0 unspecified atom stereocenters. The van der Waals surface area contributed by atoms with E-state index in [4.69, 9.17) is 4.74 Å². The van der Waals surface area contributed by atoms with Crippen LogP contribution in [0, 0.1) is 3.57 Å². The van der Waals surface area contributed by atoms with E-state index >= 15 is 0 Å². The van der Waals surface area contributed by atoms with Gasteiger partial charge in [-0.25, -0.2) is 4.79 Å². The Balaban J connectivity index is 1.84. The zero-order chi connectivity index (χ0) is 17.5. The largest absolute Gasteiger partial charge is 0.452 e. The highest BCUT2D eigenvalue weighted by Crippen LogP contribution is 2.13. The molecule has 0 saturated carbocycles. The molecule has 0 fully saturated rings. The van der Waals surface area contributed by atoms with Crippen LogP contribution in [-0.4, -0.2) is 24.4 Å². The van der Waals surface area contributed by atoms with Crippen molar-refractivity contribution in [3.63, 3.8) is 0 Å². The molecule has 0 aliphatic rings. The second kappa shape index (κ2) is 8.44. The molecule has 0 atom stereocenters. The summed E-state index contributed by atoms with van der Waals surface area (Å²) < 4.78 is 5.89. The van der Waals surface area contributed by atoms with Crippen molar-refractivity contribution in [2.24, 2.45) is 0 Å². The first kappa shape index (κ1) is 17.9. The van der Waals surface area contributed by atoms with Gasteiger partial charge in [0.25, 0.3) is 5.91 Å². The average Bonchev–Trinajstić information content (AvgIpc) is 2.54. The Bertz CT molecular complexity index is 759. The van der Waals surface area contributed by atoms with E-state index in [0.717, 1.165) is 3.57 Å². The minimum atomic E-state index is -0.551. The van der Waals surface area contributed by atoms with Crippen LogP contribution in [0.25, 0.3) is 0 Å². The number of hydrogen-bond acceptors (Lipinski definition) is 4. The van der Waals surface area contributed by atoms with Crippen molar-refractivity contribution in [1.29, 1.82) is 0 Å². The number of benzene rings is 2. The van der Waals surface area contributed by atoms with Gasteiger partial charge in [-0.2, -0.15) is 0 Å². The molecule has 0 saturated heterocycles. The van der Waals surface area contributed by atoms with Gasteiger partial charge in [0.2, 0.25) is 5.91 Å². The molecule has 6 nitrogen and oxygen atoms in total. The summed E-state index contributed by atoms with van der Waals surface area (Å²) in [5.41, 5.74) is 1.57. The summed E-state index contributed by atoms with van der Waals surface area (Å²) in [4.78, 5) is 34.6. The zero-order valence-corrected chi connectivity index (χ0v) is 15.0. The standard InChI is InChI=1S/C17H15IN2O4/c1-11(21)19-14-5-7-15(8-6-14)20-16(22)10-24-17(23)12-3-2-4-13(18)9-12/h2-9H,10H2,1H3,(H,19,21)(H,20,22). The van der Waals surface area contributed by atoms with Gasteiger partial charge in [-0.3, -0.25) is 9.59 Å². The molecule has 24 heavy (non-hydrogen) atoms. The predicted molar refractivity (Wildman–Crippen MR) is 98.8 cm³/mol. The first-order valence-electron chi connectivity index (χ1n) is 7.04. The Kier molecular flexibility index (Phi) is 6.30. The van der Waals surface area contributed by atoms with Crippen LogP contribution in [0.4, 0.5) is 11.4 Å². The van der Waals surface area contributed by atoms with Crippen molar-refractivity contribution in [3.05, 3.63) is 57.7 Å². The molecule has 0 aliphatic heterocycles. The average molecular weight is 438 g/mol. The van der Waals surface area contributed by atoms with E-state index in [2.05, 4.69) is 33.2 Å². The Morgan fingerprint density at radius 1 is 1.00 bits per heavy atom. The molecule has 7 heteroatoms. The van der Waals surface area contributed by atoms with Crippen LogP contribution in [-0.2, 0) is 14.3 Å². The molecule has 124 valence electrons. The second-order valence-corrected chi connectivity index (χ2v) is 6.14. The van der Waals surface area contributed by atoms with Crippen LogP contribution < -0.4 is 10.6 Å². The van der Waals surface area contributed by atoms with Crippen molar-refractivity contribution >= 4 is 51.7 Å². The molecule has 2 rings (SSSR count). The van der Waals surface area contributed by atoms with Gasteiger partial charge in [0, 0.05) is 21.9 Å². The van der Waals surface area contributed by atoms with Crippen LogP contribution in [0.2, 0.25) is 0 Å². The minimum absolute atomic E-state index is 0.172. The topological polar surface area (TPSA) is 84.5 Å². The number of carbonyl (C=O) groups excluding carboxylic acids is 3. The molecule has 0 spiro atoms. The lowest BCUT2D eigenvalue weighted by molar-refractivity contribution is -0.119. The van der Waals surface area contributed by atoms with E-state index in [0.29, 0.717) is 16.9 Å². The normalized spacial score (nSPS) is 9.92. The Morgan fingerprint density at radius 2 is 1.62 bits per heavy atom. The van der Waals surface area contributed by atoms with E-state index < -0.39 is 11.9 Å². The number of carbonyl (C=O) groups is 3. The third kappa shape index (κ3) is 5.65. The SMILES string of the molecule is CC(=O)Nc1ccc(NC(=O)COC(=O)c2cccc(I)c2)cc1. The number of nitrogens with one attached hydrogen (secondary N) is 2. The van der Waals surface area contributed by atoms with Crippen LogP contribution in [0.5, 0.6) is 0 Å². The fourth-order valence-corrected chi connectivity index (χ4v) is 2.41. The number of amides is 2. The lowest BCUT2D eigenvalue weighted by Gasteiger charge is -2.08. The maximum Gasteiger partial charge on any atom is 0.338 e. The van der Waals surface area contributed by atoms with Gasteiger partial charge >= 0.3 is 5.97 Å². The number of hydrogen-bond donors (Lipinski definition) is 2. The van der Waals surface area contributed by atoms with E-state index in [1.165, 1.54) is 6.92 Å². The first-order chi connectivity index (χ1) is 11.4. The third-order valence-corrected chi connectivity index (χ3v) is 3.55. The summed E-state index contributed by atoms with van der Waals surface area (Å²) >= 11 is 2.09. The quantitative estimate of drug-likeness (QED) is 0.556. The van der Waals surface area contributed by atoms with Gasteiger partial charge in [0.15, 0.2) is 6.61 Å². The maximum absolute atomic E-state index is 11.9. The van der Waals surface area contributed by atoms with Crippen molar-refractivity contribution in [1.82, 2.24) is 0 Å². The lowest BCUT2D eigenvalue weighted by Crippen LogP contribution is -2.21. The Hall–Kier alpha value is -2.42. The number of ether oxygens (including phenoxy) is 1. The van der Waals surface area contributed by atoms with Crippen molar-refractivity contribution < 1.29 is 19.1 Å². The van der Waals surface area contributed by atoms with Gasteiger partial charge in [0.1, 0.15) is 0 Å². The molecule has 0 heterocycles. The fourth-order valence-electron chi connectivity index (χ4n) is 1.87. The molecule has 2 aromatic rings. The summed E-state index contributed by atoms with van der Waals surface area (Å²) in [5, 5.41) is 5.24. The zero-order valence-electron chi connectivity index (χ0n) is 12.8. The summed E-state index contributed by atoms with van der Waals surface area (Å²) in [6, 6.07) is 13.5. The molecular weight excluding hydrogens is 423 g/mol. The smallest absolute Gasteiger partial charge is 0.338 e. The number of esters is 1. The minimum Gasteiger partial charge on any atom is -0.452 e. The van der Waals surface area contributed by atoms with Crippen molar-refractivity contribution in [2.75, 3.05) is 17.2 Å². The lowest BCUT2D eigenvalue weighted by atomic mass is 10.2. The van der Waals surface area contributed by atoms with Crippen LogP contribution in [0.3, 0.4) is 0 Å². The Labute approximate surface area is 152 Å². The van der Waals surface area contributed by atoms with E-state index in [-0.39, 0.29) is 12.5 Å². The van der Waals surface area contributed by atoms with E-state index in [1.54, 1.807) is 42.5 Å². The highest BCUT2D eigenvalue weighted by Gasteiger charge is 2.10. The maximum atomic E-state index is 11.9. The van der Waals surface area contributed by atoms with Crippen LogP contribution >= 0.6 is 22.6 Å². The van der Waals surface area contributed by atoms with Crippen LogP contribution in [0.15, 0.2) is 48.5 Å². The predicted octanol–water partition coefficient (Wildman–Crippen LogP) is 3.05. The molecule has 0 radical (unpaired) electrons. The van der Waals surface area contributed by atoms with Crippen LogP contribution in [0.1, 0.15) is 17.3 Å². The van der Waals surface area contributed by atoms with Gasteiger partial charge in [-0.1, -0.05) is 6.07 Å². The van der Waals surface area contributed by atoms with E-state index in [1.807, 2.05) is 6.07 Å². The fraction of sp³-hybridized carbons (Fsp3) is 0.118. The molecule has 2 aromatic carbocycles. The summed E-state index contributed by atoms with van der Waals surface area (Å²) in [6.45, 7) is 1.04. The monoisotopic (exact) mass is 438 g/mol. The molecular formula is C17H15IN2O4. The molecule has 0 aromatic heterocycles. The van der Waals surface area contributed by atoms with Gasteiger partial charge in [-0.05, 0) is 65.1 Å². The summed E-state index contributed by atoms with van der Waals surface area (Å²) in [7, 11) is 0. The van der Waals surface area contributed by atoms with Gasteiger partial charge in [-0.15, -0.1) is 0 Å². The number of halogens is 1. The molecule has 2 amide bonds. The summed E-state index contributed by atoms with van der Waals surface area (Å²) in [5.74, 6) is -1.17. The Morgan fingerprint density at radius 3 is 2.21 bits per heavy atom. The molecule has 0 aliphatic carbocycles. The molecule has 2 N–H and O–H groups in total. The van der Waals surface area contributed by atoms with Gasteiger partial charge in [0.05, 0.1) is 5.56 Å². The number of anilines is 2. The highest BCUT2D eigenvalue weighted by atomic mass is 127. The summed E-state index contributed by atoms with van der Waals surface area (Å²) in [6.07, 6.45) is 0. The highest BCUT2D eigenvalue weighted by molar-refractivity contribution is 14.1. The second-order valence-electron chi connectivity index (χ2n) is 4.89.